The number of hydrogen-bond donors (Lipinski definition) is 1. The second-order valence-corrected chi connectivity index (χ2v) is 5.07. The third kappa shape index (κ3) is 2.97. The van der Waals surface area contributed by atoms with Crippen LogP contribution in [-0.4, -0.2) is 12.1 Å². The molecule has 0 atom stereocenters. The lowest BCUT2D eigenvalue weighted by atomic mass is 10.1. The van der Waals surface area contributed by atoms with Crippen LogP contribution in [0.4, 0.5) is 5.69 Å². The minimum Gasteiger partial charge on any atom is -0.496 e. The van der Waals surface area contributed by atoms with Gasteiger partial charge in [-0.2, -0.15) is 0 Å². The molecular weight excluding hydrogens is 260 g/mol. The number of nitrogens with zero attached hydrogens (tertiary/aromatic N) is 1. The first-order valence-electron chi connectivity index (χ1n) is 6.98. The van der Waals surface area contributed by atoms with Gasteiger partial charge >= 0.3 is 0 Å². The van der Waals surface area contributed by atoms with Gasteiger partial charge in [-0.25, -0.2) is 0 Å². The van der Waals surface area contributed by atoms with Crippen LogP contribution in [0.5, 0.6) is 5.75 Å². The molecule has 3 nitrogen and oxygen atoms in total. The number of nitrogens with one attached hydrogen (secondary N) is 1. The van der Waals surface area contributed by atoms with Crippen molar-refractivity contribution in [1.29, 1.82) is 0 Å². The topological polar surface area (TPSA) is 34.1 Å². The van der Waals surface area contributed by atoms with Gasteiger partial charge in [-0.1, -0.05) is 12.1 Å². The number of pyridine rings is 1. The Hall–Kier alpha value is -2.55. The Morgan fingerprint density at radius 1 is 1.10 bits per heavy atom. The molecule has 1 heterocycles. The molecule has 0 radical (unpaired) electrons. The summed E-state index contributed by atoms with van der Waals surface area (Å²) in [4.78, 5) is 4.34. The smallest absolute Gasteiger partial charge is 0.121 e. The molecule has 21 heavy (non-hydrogen) atoms. The maximum atomic E-state index is 5.28. The van der Waals surface area contributed by atoms with Crippen LogP contribution in [0.25, 0.3) is 10.9 Å². The monoisotopic (exact) mass is 278 g/mol. The van der Waals surface area contributed by atoms with Crippen LogP contribution < -0.4 is 10.1 Å². The molecule has 106 valence electrons. The van der Waals surface area contributed by atoms with Crippen LogP contribution >= 0.6 is 0 Å². The Morgan fingerprint density at radius 2 is 2.00 bits per heavy atom. The van der Waals surface area contributed by atoms with E-state index in [1.807, 2.05) is 31.3 Å². The zero-order valence-corrected chi connectivity index (χ0v) is 12.3. The van der Waals surface area contributed by atoms with Gasteiger partial charge in [0.2, 0.25) is 0 Å². The van der Waals surface area contributed by atoms with Gasteiger partial charge in [-0.15, -0.1) is 0 Å². The van der Waals surface area contributed by atoms with Crippen molar-refractivity contribution in [3.8, 4) is 5.75 Å². The predicted molar refractivity (Wildman–Crippen MR) is 86.8 cm³/mol. The lowest BCUT2D eigenvalue weighted by molar-refractivity contribution is 0.412. The normalized spacial score (nSPS) is 10.6. The fourth-order valence-corrected chi connectivity index (χ4v) is 2.43. The van der Waals surface area contributed by atoms with Gasteiger partial charge in [-0.3, -0.25) is 4.98 Å². The zero-order valence-electron chi connectivity index (χ0n) is 12.3. The summed E-state index contributed by atoms with van der Waals surface area (Å²) in [6.45, 7) is 2.84. The van der Waals surface area contributed by atoms with E-state index in [1.165, 1.54) is 10.9 Å². The van der Waals surface area contributed by atoms with Gasteiger partial charge in [0.25, 0.3) is 0 Å². The highest BCUT2D eigenvalue weighted by atomic mass is 16.5. The van der Waals surface area contributed by atoms with Crippen molar-refractivity contribution in [3.05, 3.63) is 65.9 Å². The first-order valence-corrected chi connectivity index (χ1v) is 6.98. The van der Waals surface area contributed by atoms with E-state index in [2.05, 4.69) is 40.6 Å². The third-order valence-corrected chi connectivity index (χ3v) is 3.56. The molecule has 0 bridgehead atoms. The highest BCUT2D eigenvalue weighted by Crippen LogP contribution is 2.22. The second-order valence-electron chi connectivity index (χ2n) is 5.07. The SMILES string of the molecule is COc1ccc(NCc2ccc3ncccc3c2)cc1C. The maximum absolute atomic E-state index is 5.28. The highest BCUT2D eigenvalue weighted by Gasteiger charge is 2.01. The number of hydrogen-bond acceptors (Lipinski definition) is 3. The molecule has 2 aromatic carbocycles. The van der Waals surface area contributed by atoms with Crippen LogP contribution in [0.1, 0.15) is 11.1 Å². The Balaban J connectivity index is 1.75. The summed E-state index contributed by atoms with van der Waals surface area (Å²) in [5, 5.41) is 4.61. The number of ether oxygens (including phenoxy) is 1. The molecule has 0 saturated heterocycles. The first kappa shape index (κ1) is 13.4. The average molecular weight is 278 g/mol. The second kappa shape index (κ2) is 5.83. The van der Waals surface area contributed by atoms with Gasteiger partial charge < -0.3 is 10.1 Å². The number of aromatic nitrogens is 1. The van der Waals surface area contributed by atoms with E-state index in [9.17, 15) is 0 Å². The van der Waals surface area contributed by atoms with Gasteiger partial charge in [0.05, 0.1) is 12.6 Å². The summed E-state index contributed by atoms with van der Waals surface area (Å²) in [6, 6.07) is 16.5. The molecule has 1 N–H and O–H groups in total. The molecular formula is C18H18N2O. The Bertz CT molecular complexity index is 768. The van der Waals surface area contributed by atoms with Gasteiger partial charge in [0.15, 0.2) is 0 Å². The van der Waals surface area contributed by atoms with Crippen LogP contribution in [0.15, 0.2) is 54.7 Å². The van der Waals surface area contributed by atoms with E-state index < -0.39 is 0 Å². The number of rotatable bonds is 4. The molecule has 0 amide bonds. The van der Waals surface area contributed by atoms with Gasteiger partial charge in [0, 0.05) is 23.8 Å². The molecule has 0 aliphatic heterocycles. The van der Waals surface area contributed by atoms with E-state index in [-0.39, 0.29) is 0 Å². The average Bonchev–Trinajstić information content (AvgIpc) is 2.53. The van der Waals surface area contributed by atoms with Crippen LogP contribution in [-0.2, 0) is 6.54 Å². The van der Waals surface area contributed by atoms with Gasteiger partial charge in [-0.05, 0) is 54.4 Å². The summed E-state index contributed by atoms with van der Waals surface area (Å²) in [5.41, 5.74) is 4.50. The number of benzene rings is 2. The van der Waals surface area contributed by atoms with E-state index in [0.717, 1.165) is 29.1 Å². The minimum atomic E-state index is 0.788. The first-order chi connectivity index (χ1) is 10.3. The van der Waals surface area contributed by atoms with E-state index in [1.54, 1.807) is 7.11 Å². The Kier molecular flexibility index (Phi) is 3.73. The quantitative estimate of drug-likeness (QED) is 0.778. The van der Waals surface area contributed by atoms with Crippen LogP contribution in [0.2, 0.25) is 0 Å². The fourth-order valence-electron chi connectivity index (χ4n) is 2.43. The van der Waals surface area contributed by atoms with E-state index in [4.69, 9.17) is 4.74 Å². The van der Waals surface area contributed by atoms with Crippen molar-refractivity contribution < 1.29 is 4.74 Å². The number of methoxy groups -OCH3 is 1. The standard InChI is InChI=1S/C18H18N2O/c1-13-10-16(6-8-18(13)21-2)20-12-14-5-7-17-15(11-14)4-3-9-19-17/h3-11,20H,12H2,1-2H3. The summed E-state index contributed by atoms with van der Waals surface area (Å²) in [5.74, 6) is 0.914. The highest BCUT2D eigenvalue weighted by molar-refractivity contribution is 5.79. The molecule has 0 aliphatic carbocycles. The molecule has 0 unspecified atom stereocenters. The van der Waals surface area contributed by atoms with Crippen molar-refractivity contribution in [2.75, 3.05) is 12.4 Å². The molecule has 0 spiro atoms. The maximum Gasteiger partial charge on any atom is 0.121 e. The summed E-state index contributed by atoms with van der Waals surface area (Å²) < 4.78 is 5.28. The summed E-state index contributed by atoms with van der Waals surface area (Å²) in [6.07, 6.45) is 1.82. The number of aryl methyl sites for hydroxylation is 1. The van der Waals surface area contributed by atoms with E-state index in [0.29, 0.717) is 0 Å². The van der Waals surface area contributed by atoms with Crippen LogP contribution in [0, 0.1) is 6.92 Å². The number of anilines is 1. The molecule has 3 heteroatoms. The minimum absolute atomic E-state index is 0.788. The van der Waals surface area contributed by atoms with Crippen molar-refractivity contribution >= 4 is 16.6 Å². The van der Waals surface area contributed by atoms with Gasteiger partial charge in [0.1, 0.15) is 5.75 Å². The Labute approximate surface area is 124 Å². The van der Waals surface area contributed by atoms with Crippen molar-refractivity contribution in [1.82, 2.24) is 4.98 Å². The van der Waals surface area contributed by atoms with Crippen molar-refractivity contribution in [2.24, 2.45) is 0 Å². The molecule has 0 saturated carbocycles. The molecule has 0 aliphatic rings. The summed E-state index contributed by atoms with van der Waals surface area (Å²) >= 11 is 0. The molecule has 3 aromatic rings. The lowest BCUT2D eigenvalue weighted by Gasteiger charge is -2.10. The number of fused-ring (bicyclic) bond motifs is 1. The largest absolute Gasteiger partial charge is 0.496 e. The predicted octanol–water partition coefficient (Wildman–Crippen LogP) is 4.16. The van der Waals surface area contributed by atoms with Crippen molar-refractivity contribution in [3.63, 3.8) is 0 Å². The van der Waals surface area contributed by atoms with E-state index >= 15 is 0 Å². The zero-order chi connectivity index (χ0) is 14.7. The Morgan fingerprint density at radius 3 is 2.81 bits per heavy atom. The van der Waals surface area contributed by atoms with Crippen molar-refractivity contribution in [2.45, 2.75) is 13.5 Å². The summed E-state index contributed by atoms with van der Waals surface area (Å²) in [7, 11) is 1.69. The third-order valence-electron chi connectivity index (χ3n) is 3.56. The molecule has 0 fully saturated rings. The lowest BCUT2D eigenvalue weighted by Crippen LogP contribution is -2.00. The fraction of sp³-hybridized carbons (Fsp3) is 0.167. The van der Waals surface area contributed by atoms with Crippen LogP contribution in [0.3, 0.4) is 0 Å². The molecule has 3 rings (SSSR count). The molecule has 1 aromatic heterocycles.